The topological polar surface area (TPSA) is 30.0 Å². The highest BCUT2D eigenvalue weighted by Gasteiger charge is 2.05. The monoisotopic (exact) mass is 183 g/mol. The van der Waals surface area contributed by atoms with E-state index in [1.54, 1.807) is 19.2 Å². The minimum atomic E-state index is 0.105. The molecule has 0 saturated carbocycles. The van der Waals surface area contributed by atoms with E-state index in [1.165, 1.54) is 0 Å². The van der Waals surface area contributed by atoms with Gasteiger partial charge in [0.15, 0.2) is 0 Å². The van der Waals surface area contributed by atoms with Gasteiger partial charge in [0.05, 0.1) is 5.69 Å². The van der Waals surface area contributed by atoms with Crippen LogP contribution in [0.25, 0.3) is 0 Å². The average molecular weight is 184 g/mol. The smallest absolute Gasteiger partial charge is 0.135 e. The van der Waals surface area contributed by atoms with Crippen molar-refractivity contribution in [3.8, 4) is 0 Å². The van der Waals surface area contributed by atoms with Gasteiger partial charge in [0.2, 0.25) is 0 Å². The Morgan fingerprint density at radius 2 is 2.33 bits per heavy atom. The van der Waals surface area contributed by atoms with Gasteiger partial charge in [-0.1, -0.05) is 11.6 Å². The number of hydrogen-bond acceptors (Lipinski definition) is 2. The van der Waals surface area contributed by atoms with E-state index < -0.39 is 0 Å². The number of nitrogens with zero attached hydrogens (tertiary/aromatic N) is 1. The van der Waals surface area contributed by atoms with Crippen molar-refractivity contribution < 1.29 is 4.79 Å². The van der Waals surface area contributed by atoms with Gasteiger partial charge in [-0.25, -0.2) is 0 Å². The fraction of sp³-hybridized carbons (Fsp3) is 0.333. The number of carbonyl (C=O) groups is 1. The summed E-state index contributed by atoms with van der Waals surface area (Å²) in [6, 6.07) is 1.72. The molecule has 0 radical (unpaired) electrons. The molecule has 0 fully saturated rings. The van der Waals surface area contributed by atoms with Gasteiger partial charge in [0, 0.05) is 17.6 Å². The third-order valence-corrected chi connectivity index (χ3v) is 2.07. The van der Waals surface area contributed by atoms with E-state index >= 15 is 0 Å². The molecule has 0 aliphatic rings. The maximum absolute atomic E-state index is 10.8. The second kappa shape index (κ2) is 3.68. The number of rotatable bonds is 2. The highest BCUT2D eigenvalue weighted by molar-refractivity contribution is 6.31. The quantitative estimate of drug-likeness (QED) is 0.704. The van der Waals surface area contributed by atoms with E-state index in [-0.39, 0.29) is 5.78 Å². The Labute approximate surface area is 76.6 Å². The molecule has 12 heavy (non-hydrogen) atoms. The molecule has 0 unspecified atom stereocenters. The van der Waals surface area contributed by atoms with Crippen LogP contribution < -0.4 is 0 Å². The predicted octanol–water partition coefficient (Wildman–Crippen LogP) is 2.17. The Morgan fingerprint density at radius 3 is 2.92 bits per heavy atom. The summed E-state index contributed by atoms with van der Waals surface area (Å²) in [6.07, 6.45) is 1.99. The molecule has 3 heteroatoms. The molecule has 1 aromatic heterocycles. The Morgan fingerprint density at radius 1 is 1.67 bits per heavy atom. The molecule has 1 aromatic rings. The Kier molecular flexibility index (Phi) is 2.82. The van der Waals surface area contributed by atoms with Gasteiger partial charge in [-0.3, -0.25) is 9.78 Å². The lowest BCUT2D eigenvalue weighted by Crippen LogP contribution is -2.01. The van der Waals surface area contributed by atoms with Crippen LogP contribution in [0.5, 0.6) is 0 Å². The largest absolute Gasteiger partial charge is 0.300 e. The molecule has 0 aromatic carbocycles. The summed E-state index contributed by atoms with van der Waals surface area (Å²) in [7, 11) is 0. The van der Waals surface area contributed by atoms with Crippen LogP contribution in [-0.2, 0) is 11.2 Å². The maximum atomic E-state index is 10.8. The summed E-state index contributed by atoms with van der Waals surface area (Å²) >= 11 is 5.85. The summed E-state index contributed by atoms with van der Waals surface area (Å²) in [4.78, 5) is 14.9. The molecule has 0 bridgehead atoms. The summed E-state index contributed by atoms with van der Waals surface area (Å²) in [5.74, 6) is 0.105. The highest BCUT2D eigenvalue weighted by Crippen LogP contribution is 2.16. The first-order valence-corrected chi connectivity index (χ1v) is 4.08. The standard InChI is InChI=1S/C9H10ClNO/c1-6(12)5-9-7(2)8(10)3-4-11-9/h3-4H,5H2,1-2H3. The Bertz CT molecular complexity index is 309. The van der Waals surface area contributed by atoms with Gasteiger partial charge >= 0.3 is 0 Å². The lowest BCUT2D eigenvalue weighted by molar-refractivity contribution is -0.116. The zero-order valence-electron chi connectivity index (χ0n) is 7.10. The zero-order chi connectivity index (χ0) is 9.14. The zero-order valence-corrected chi connectivity index (χ0v) is 7.85. The van der Waals surface area contributed by atoms with Crippen molar-refractivity contribution in [1.82, 2.24) is 4.98 Å². The molecule has 0 saturated heterocycles. The Balaban J connectivity index is 3.00. The van der Waals surface area contributed by atoms with Crippen molar-refractivity contribution in [2.45, 2.75) is 20.3 Å². The number of halogens is 1. The van der Waals surface area contributed by atoms with E-state index in [1.807, 2.05) is 6.92 Å². The normalized spacial score (nSPS) is 9.92. The molecule has 0 aliphatic heterocycles. The molecule has 1 rings (SSSR count). The summed E-state index contributed by atoms with van der Waals surface area (Å²) in [5.41, 5.74) is 1.67. The van der Waals surface area contributed by atoms with Crippen LogP contribution >= 0.6 is 11.6 Å². The average Bonchev–Trinajstić information content (AvgIpc) is 1.98. The molecule has 1 heterocycles. The number of hydrogen-bond donors (Lipinski definition) is 0. The van der Waals surface area contributed by atoms with Crippen molar-refractivity contribution in [3.05, 3.63) is 28.5 Å². The number of aromatic nitrogens is 1. The van der Waals surface area contributed by atoms with E-state index in [9.17, 15) is 4.79 Å². The van der Waals surface area contributed by atoms with E-state index in [2.05, 4.69) is 4.98 Å². The predicted molar refractivity (Wildman–Crippen MR) is 48.4 cm³/mol. The van der Waals surface area contributed by atoms with Gasteiger partial charge in [0.1, 0.15) is 5.78 Å². The van der Waals surface area contributed by atoms with Crippen molar-refractivity contribution in [2.24, 2.45) is 0 Å². The Hall–Kier alpha value is -0.890. The molecular formula is C9H10ClNO. The molecule has 2 nitrogen and oxygen atoms in total. The van der Waals surface area contributed by atoms with Gasteiger partial charge in [-0.15, -0.1) is 0 Å². The second-order valence-electron chi connectivity index (χ2n) is 2.74. The van der Waals surface area contributed by atoms with E-state index in [4.69, 9.17) is 11.6 Å². The van der Waals surface area contributed by atoms with Crippen molar-refractivity contribution in [2.75, 3.05) is 0 Å². The van der Waals surface area contributed by atoms with Gasteiger partial charge < -0.3 is 0 Å². The van der Waals surface area contributed by atoms with Crippen LogP contribution in [0.4, 0.5) is 0 Å². The van der Waals surface area contributed by atoms with Crippen LogP contribution in [0.3, 0.4) is 0 Å². The van der Waals surface area contributed by atoms with Crippen LogP contribution in [0.1, 0.15) is 18.2 Å². The molecule has 0 aliphatic carbocycles. The fourth-order valence-electron chi connectivity index (χ4n) is 0.966. The maximum Gasteiger partial charge on any atom is 0.135 e. The summed E-state index contributed by atoms with van der Waals surface area (Å²) in [6.45, 7) is 3.41. The SMILES string of the molecule is CC(=O)Cc1nccc(Cl)c1C. The van der Waals surface area contributed by atoms with Gasteiger partial charge in [-0.2, -0.15) is 0 Å². The molecule has 0 N–H and O–H groups in total. The first kappa shape index (κ1) is 9.20. The number of carbonyl (C=O) groups excluding carboxylic acids is 1. The van der Waals surface area contributed by atoms with Crippen LogP contribution in [0, 0.1) is 6.92 Å². The molecule has 0 spiro atoms. The van der Waals surface area contributed by atoms with E-state index in [0.29, 0.717) is 11.4 Å². The minimum Gasteiger partial charge on any atom is -0.300 e. The third-order valence-electron chi connectivity index (χ3n) is 1.66. The highest BCUT2D eigenvalue weighted by atomic mass is 35.5. The molecular weight excluding hydrogens is 174 g/mol. The summed E-state index contributed by atoms with van der Waals surface area (Å²) in [5, 5.41) is 0.668. The number of pyridine rings is 1. The van der Waals surface area contributed by atoms with Gasteiger partial charge in [0.25, 0.3) is 0 Å². The lowest BCUT2D eigenvalue weighted by Gasteiger charge is -2.02. The molecule has 0 atom stereocenters. The minimum absolute atomic E-state index is 0.105. The lowest BCUT2D eigenvalue weighted by atomic mass is 10.1. The fourth-order valence-corrected chi connectivity index (χ4v) is 1.13. The van der Waals surface area contributed by atoms with Crippen LogP contribution in [0.2, 0.25) is 5.02 Å². The van der Waals surface area contributed by atoms with Crippen molar-refractivity contribution in [1.29, 1.82) is 0 Å². The van der Waals surface area contributed by atoms with Crippen LogP contribution in [-0.4, -0.2) is 10.8 Å². The molecule has 64 valence electrons. The molecule has 0 amide bonds. The van der Waals surface area contributed by atoms with Crippen molar-refractivity contribution in [3.63, 3.8) is 0 Å². The second-order valence-corrected chi connectivity index (χ2v) is 3.15. The summed E-state index contributed by atoms with van der Waals surface area (Å²) < 4.78 is 0. The third kappa shape index (κ3) is 2.05. The van der Waals surface area contributed by atoms with E-state index in [0.717, 1.165) is 11.3 Å². The number of ketones is 1. The van der Waals surface area contributed by atoms with Crippen LogP contribution in [0.15, 0.2) is 12.3 Å². The van der Waals surface area contributed by atoms with Gasteiger partial charge in [-0.05, 0) is 25.5 Å². The first-order valence-electron chi connectivity index (χ1n) is 3.70. The van der Waals surface area contributed by atoms with Crippen molar-refractivity contribution >= 4 is 17.4 Å². The number of Topliss-reactive ketones (excluding diaryl/α,β-unsaturated/α-hetero) is 1. The first-order chi connectivity index (χ1) is 5.61.